The van der Waals surface area contributed by atoms with Gasteiger partial charge in [0.05, 0.1) is 6.54 Å². The van der Waals surface area contributed by atoms with Gasteiger partial charge in [0.25, 0.3) is 0 Å². The fourth-order valence-corrected chi connectivity index (χ4v) is 1.89. The van der Waals surface area contributed by atoms with Crippen molar-refractivity contribution >= 4 is 29.0 Å². The summed E-state index contributed by atoms with van der Waals surface area (Å²) in [4.78, 5) is 13.7. The lowest BCUT2D eigenvalue weighted by Gasteiger charge is -2.24. The minimum atomic E-state index is -0.267. The molecule has 1 unspecified atom stereocenters. The first kappa shape index (κ1) is 12.2. The van der Waals surface area contributed by atoms with Crippen molar-refractivity contribution < 1.29 is 4.79 Å². The van der Waals surface area contributed by atoms with Gasteiger partial charge in [0, 0.05) is 16.8 Å². The highest BCUT2D eigenvalue weighted by Gasteiger charge is 2.15. The van der Waals surface area contributed by atoms with Crippen LogP contribution < -0.4 is 0 Å². The SMILES string of the molecule is O=C(CN1C=CC=CC1Cl)c1ccc(Cl)cc1. The summed E-state index contributed by atoms with van der Waals surface area (Å²) >= 11 is 11.8. The lowest BCUT2D eigenvalue weighted by Crippen LogP contribution is -2.31. The quantitative estimate of drug-likeness (QED) is 0.475. The zero-order chi connectivity index (χ0) is 12.3. The standard InChI is InChI=1S/C13H11Cl2NO/c14-11-6-4-10(5-7-11)12(17)9-16-8-2-1-3-13(16)15/h1-8,13H,9H2. The number of benzene rings is 1. The summed E-state index contributed by atoms with van der Waals surface area (Å²) in [5, 5.41) is 0.623. The molecule has 1 aliphatic rings. The summed E-state index contributed by atoms with van der Waals surface area (Å²) in [5.41, 5.74) is 0.373. The highest BCUT2D eigenvalue weighted by atomic mass is 35.5. The molecule has 88 valence electrons. The number of ketones is 1. The Morgan fingerprint density at radius 2 is 1.94 bits per heavy atom. The molecule has 0 aliphatic carbocycles. The minimum Gasteiger partial charge on any atom is -0.350 e. The van der Waals surface area contributed by atoms with Crippen molar-refractivity contribution in [3.8, 4) is 0 Å². The summed E-state index contributed by atoms with van der Waals surface area (Å²) in [6, 6.07) is 6.85. The van der Waals surface area contributed by atoms with Crippen molar-refractivity contribution in [3.63, 3.8) is 0 Å². The fourth-order valence-electron chi connectivity index (χ4n) is 1.54. The summed E-state index contributed by atoms with van der Waals surface area (Å²) in [6.45, 7) is 0.261. The largest absolute Gasteiger partial charge is 0.350 e. The van der Waals surface area contributed by atoms with E-state index < -0.39 is 0 Å². The van der Waals surface area contributed by atoms with Crippen molar-refractivity contribution in [2.75, 3.05) is 6.54 Å². The molecule has 0 saturated carbocycles. The van der Waals surface area contributed by atoms with Gasteiger partial charge in [-0.05, 0) is 36.4 Å². The normalized spacial score (nSPS) is 18.5. The van der Waals surface area contributed by atoms with Gasteiger partial charge in [-0.2, -0.15) is 0 Å². The van der Waals surface area contributed by atoms with Crippen LogP contribution in [0.4, 0.5) is 0 Å². The van der Waals surface area contributed by atoms with Crippen molar-refractivity contribution in [3.05, 3.63) is 59.3 Å². The first-order valence-electron chi connectivity index (χ1n) is 5.20. The van der Waals surface area contributed by atoms with Crippen LogP contribution in [0.5, 0.6) is 0 Å². The third-order valence-corrected chi connectivity index (χ3v) is 3.12. The Balaban J connectivity index is 2.04. The average Bonchev–Trinajstić information content (AvgIpc) is 2.33. The molecule has 1 atom stereocenters. The number of nitrogens with zero attached hydrogens (tertiary/aromatic N) is 1. The highest BCUT2D eigenvalue weighted by Crippen LogP contribution is 2.15. The molecule has 2 rings (SSSR count). The van der Waals surface area contributed by atoms with Gasteiger partial charge < -0.3 is 4.90 Å². The first-order chi connectivity index (χ1) is 8.16. The molecule has 4 heteroatoms. The topological polar surface area (TPSA) is 20.3 Å². The number of alkyl halides is 1. The Bertz CT molecular complexity index is 465. The van der Waals surface area contributed by atoms with E-state index >= 15 is 0 Å². The molecule has 0 amide bonds. The second-order valence-electron chi connectivity index (χ2n) is 3.70. The van der Waals surface area contributed by atoms with E-state index in [9.17, 15) is 4.79 Å². The van der Waals surface area contributed by atoms with Gasteiger partial charge in [0.1, 0.15) is 5.50 Å². The molecule has 1 aromatic rings. The maximum atomic E-state index is 12.0. The Labute approximate surface area is 110 Å². The Hall–Kier alpha value is -1.25. The summed E-state index contributed by atoms with van der Waals surface area (Å²) < 4.78 is 0. The predicted octanol–water partition coefficient (Wildman–Crippen LogP) is 3.47. The van der Waals surface area contributed by atoms with Crippen LogP contribution in [-0.2, 0) is 0 Å². The third kappa shape index (κ3) is 3.11. The van der Waals surface area contributed by atoms with E-state index in [1.165, 1.54) is 0 Å². The van der Waals surface area contributed by atoms with E-state index in [1.807, 2.05) is 24.4 Å². The zero-order valence-corrected chi connectivity index (χ0v) is 10.5. The molecule has 0 N–H and O–H groups in total. The Kier molecular flexibility index (Phi) is 3.87. The third-order valence-electron chi connectivity index (χ3n) is 2.47. The minimum absolute atomic E-state index is 0.0206. The van der Waals surface area contributed by atoms with Crippen molar-refractivity contribution in [1.82, 2.24) is 4.90 Å². The van der Waals surface area contributed by atoms with Gasteiger partial charge in [-0.15, -0.1) is 0 Å². The number of hydrogen-bond donors (Lipinski definition) is 0. The molecule has 2 nitrogen and oxygen atoms in total. The monoisotopic (exact) mass is 267 g/mol. The molecule has 1 heterocycles. The van der Waals surface area contributed by atoms with E-state index in [1.54, 1.807) is 29.2 Å². The van der Waals surface area contributed by atoms with Gasteiger partial charge in [0.2, 0.25) is 0 Å². The van der Waals surface area contributed by atoms with Gasteiger partial charge >= 0.3 is 0 Å². The molecule has 0 aromatic heterocycles. The molecule has 0 spiro atoms. The number of halogens is 2. The van der Waals surface area contributed by atoms with Gasteiger partial charge in [0.15, 0.2) is 5.78 Å². The molecule has 0 saturated heterocycles. The maximum Gasteiger partial charge on any atom is 0.182 e. The lowest BCUT2D eigenvalue weighted by molar-refractivity contribution is 0.0955. The molecule has 0 fully saturated rings. The number of rotatable bonds is 3. The van der Waals surface area contributed by atoms with Crippen molar-refractivity contribution in [2.24, 2.45) is 0 Å². The van der Waals surface area contributed by atoms with E-state index in [0.29, 0.717) is 10.6 Å². The number of carbonyl (C=O) groups is 1. The van der Waals surface area contributed by atoms with E-state index in [4.69, 9.17) is 23.2 Å². The molecular weight excluding hydrogens is 257 g/mol. The molecule has 0 radical (unpaired) electrons. The molecule has 17 heavy (non-hydrogen) atoms. The highest BCUT2D eigenvalue weighted by molar-refractivity contribution is 6.30. The Morgan fingerprint density at radius 3 is 2.59 bits per heavy atom. The van der Waals surface area contributed by atoms with Crippen LogP contribution in [0.2, 0.25) is 5.02 Å². The number of hydrogen-bond acceptors (Lipinski definition) is 2. The van der Waals surface area contributed by atoms with Crippen LogP contribution in [0.1, 0.15) is 10.4 Å². The maximum absolute atomic E-state index is 12.0. The fraction of sp³-hybridized carbons (Fsp3) is 0.154. The summed E-state index contributed by atoms with van der Waals surface area (Å²) in [7, 11) is 0. The van der Waals surface area contributed by atoms with Gasteiger partial charge in [-0.25, -0.2) is 0 Å². The number of carbonyl (C=O) groups excluding carboxylic acids is 1. The molecule has 1 aliphatic heterocycles. The second-order valence-corrected chi connectivity index (χ2v) is 4.59. The summed E-state index contributed by atoms with van der Waals surface area (Å²) in [6.07, 6.45) is 7.36. The summed E-state index contributed by atoms with van der Waals surface area (Å²) in [5.74, 6) is 0.0206. The van der Waals surface area contributed by atoms with E-state index in [2.05, 4.69) is 0 Å². The van der Waals surface area contributed by atoms with E-state index in [-0.39, 0.29) is 17.8 Å². The first-order valence-corrected chi connectivity index (χ1v) is 6.02. The van der Waals surface area contributed by atoms with Crippen molar-refractivity contribution in [2.45, 2.75) is 5.50 Å². The average molecular weight is 268 g/mol. The molecular formula is C13H11Cl2NO. The molecule has 0 bridgehead atoms. The zero-order valence-electron chi connectivity index (χ0n) is 9.01. The van der Waals surface area contributed by atoms with Gasteiger partial charge in [-0.3, -0.25) is 4.79 Å². The van der Waals surface area contributed by atoms with Crippen LogP contribution in [-0.4, -0.2) is 22.7 Å². The van der Waals surface area contributed by atoms with Crippen molar-refractivity contribution in [1.29, 1.82) is 0 Å². The molecule has 1 aromatic carbocycles. The van der Waals surface area contributed by atoms with Crippen LogP contribution in [0.25, 0.3) is 0 Å². The van der Waals surface area contributed by atoms with Crippen LogP contribution >= 0.6 is 23.2 Å². The number of Topliss-reactive ketones (excluding diaryl/α,β-unsaturated/α-hetero) is 1. The Morgan fingerprint density at radius 1 is 1.24 bits per heavy atom. The van der Waals surface area contributed by atoms with Gasteiger partial charge in [-0.1, -0.05) is 29.3 Å². The second kappa shape index (κ2) is 5.39. The number of allylic oxidation sites excluding steroid dienone is 2. The predicted molar refractivity (Wildman–Crippen MR) is 70.4 cm³/mol. The van der Waals surface area contributed by atoms with Crippen LogP contribution in [0, 0.1) is 0 Å². The lowest BCUT2D eigenvalue weighted by atomic mass is 10.1. The van der Waals surface area contributed by atoms with Crippen LogP contribution in [0.3, 0.4) is 0 Å². The smallest absolute Gasteiger partial charge is 0.182 e. The van der Waals surface area contributed by atoms with Crippen LogP contribution in [0.15, 0.2) is 48.7 Å². The van der Waals surface area contributed by atoms with E-state index in [0.717, 1.165) is 0 Å².